The van der Waals surface area contributed by atoms with Crippen LogP contribution in [0.25, 0.3) is 0 Å². The minimum absolute atomic E-state index is 0.0397. The van der Waals surface area contributed by atoms with Gasteiger partial charge in [-0.25, -0.2) is 0 Å². The summed E-state index contributed by atoms with van der Waals surface area (Å²) < 4.78 is 6.04. The molecule has 0 spiro atoms. The molecule has 28 heavy (non-hydrogen) atoms. The van der Waals surface area contributed by atoms with Gasteiger partial charge in [-0.05, 0) is 36.5 Å². The van der Waals surface area contributed by atoms with Gasteiger partial charge < -0.3 is 4.74 Å². The lowest BCUT2D eigenvalue weighted by Crippen LogP contribution is -2.49. The number of carbonyl (C=O) groups excluding carboxylic acids is 2. The summed E-state index contributed by atoms with van der Waals surface area (Å²) in [7, 11) is 0. The molecule has 12 heteroatoms. The van der Waals surface area contributed by atoms with Crippen LogP contribution in [0.1, 0.15) is 10.4 Å². The number of carbonyl (C=O) groups is 2. The van der Waals surface area contributed by atoms with E-state index in [1.165, 1.54) is 18.2 Å². The molecule has 0 aliphatic heterocycles. The van der Waals surface area contributed by atoms with Crippen molar-refractivity contribution in [2.75, 3.05) is 6.61 Å². The topological polar surface area (TPSA) is 123 Å². The molecule has 2 rings (SSSR count). The highest BCUT2D eigenvalue weighted by Crippen LogP contribution is 2.27. The highest BCUT2D eigenvalue weighted by atomic mass is 79.9. The highest BCUT2D eigenvalue weighted by molar-refractivity contribution is 9.10. The second kappa shape index (κ2) is 9.97. The third-order valence-electron chi connectivity index (χ3n) is 3.11. The van der Waals surface area contributed by atoms with Crippen molar-refractivity contribution in [1.82, 2.24) is 16.2 Å². The van der Waals surface area contributed by atoms with Gasteiger partial charge in [0.1, 0.15) is 5.75 Å². The Kier molecular flexibility index (Phi) is 7.67. The van der Waals surface area contributed by atoms with Crippen LogP contribution in [0.2, 0.25) is 5.02 Å². The Morgan fingerprint density at radius 2 is 1.96 bits per heavy atom. The summed E-state index contributed by atoms with van der Waals surface area (Å²) in [5.41, 5.74) is 4.37. The fraction of sp³-hybridized carbons (Fsp3) is 0.0625. The molecule has 0 unspecified atom stereocenters. The van der Waals surface area contributed by atoms with E-state index in [9.17, 15) is 19.7 Å². The van der Waals surface area contributed by atoms with E-state index in [2.05, 4.69) is 32.1 Å². The smallest absolute Gasteiger partial charge is 0.276 e. The van der Waals surface area contributed by atoms with Crippen molar-refractivity contribution in [2.24, 2.45) is 0 Å². The lowest BCUT2D eigenvalue weighted by molar-refractivity contribution is -0.384. The average molecular weight is 488 g/mol. The largest absolute Gasteiger partial charge is 0.482 e. The molecule has 0 radical (unpaired) electrons. The minimum Gasteiger partial charge on any atom is -0.482 e. The molecular formula is C16H12BrClN4O5S. The molecule has 2 aromatic rings. The van der Waals surface area contributed by atoms with Crippen LogP contribution in [0.3, 0.4) is 0 Å². The number of halogens is 2. The van der Waals surface area contributed by atoms with Gasteiger partial charge in [-0.2, -0.15) is 0 Å². The highest BCUT2D eigenvalue weighted by Gasteiger charge is 2.13. The van der Waals surface area contributed by atoms with Gasteiger partial charge >= 0.3 is 0 Å². The average Bonchev–Trinajstić information content (AvgIpc) is 2.65. The third-order valence-corrected chi connectivity index (χ3v) is 4.11. The van der Waals surface area contributed by atoms with Crippen LogP contribution in [0.4, 0.5) is 5.69 Å². The zero-order valence-electron chi connectivity index (χ0n) is 13.9. The van der Waals surface area contributed by atoms with Crippen LogP contribution in [0.5, 0.6) is 5.75 Å². The normalized spacial score (nSPS) is 9.93. The Labute approximate surface area is 177 Å². The molecule has 2 amide bonds. The fourth-order valence-corrected chi connectivity index (χ4v) is 2.74. The minimum atomic E-state index is -0.673. The predicted molar refractivity (Wildman–Crippen MR) is 109 cm³/mol. The van der Waals surface area contributed by atoms with Crippen molar-refractivity contribution < 1.29 is 19.2 Å². The molecule has 9 nitrogen and oxygen atoms in total. The van der Waals surface area contributed by atoms with Crippen LogP contribution in [0, 0.1) is 10.1 Å². The van der Waals surface area contributed by atoms with Gasteiger partial charge in [0.05, 0.1) is 9.95 Å². The Morgan fingerprint density at radius 1 is 1.21 bits per heavy atom. The molecule has 2 aromatic carbocycles. The first-order valence-corrected chi connectivity index (χ1v) is 9.06. The quantitative estimate of drug-likeness (QED) is 0.337. The zero-order chi connectivity index (χ0) is 20.7. The van der Waals surface area contributed by atoms with Gasteiger partial charge in [0.25, 0.3) is 17.5 Å². The van der Waals surface area contributed by atoms with Gasteiger partial charge in [0.2, 0.25) is 0 Å². The van der Waals surface area contributed by atoms with Gasteiger partial charge in [-0.3, -0.25) is 35.9 Å². The number of benzene rings is 2. The van der Waals surface area contributed by atoms with Crippen molar-refractivity contribution in [3.8, 4) is 5.75 Å². The maximum Gasteiger partial charge on any atom is 0.276 e. The summed E-state index contributed by atoms with van der Waals surface area (Å²) in [6.45, 7) is -0.351. The second-order valence-corrected chi connectivity index (χ2v) is 6.86. The number of ether oxygens (including phenoxy) is 1. The number of amides is 2. The number of hydrogen-bond donors (Lipinski definition) is 3. The zero-order valence-corrected chi connectivity index (χ0v) is 17.1. The first-order valence-electron chi connectivity index (χ1n) is 7.48. The number of nitro groups is 1. The maximum absolute atomic E-state index is 12.0. The summed E-state index contributed by atoms with van der Waals surface area (Å²) in [6.07, 6.45) is 0. The fourth-order valence-electron chi connectivity index (χ4n) is 1.87. The van der Waals surface area contributed by atoms with Crippen molar-refractivity contribution in [3.63, 3.8) is 0 Å². The first kappa shape index (κ1) is 21.5. The summed E-state index contributed by atoms with van der Waals surface area (Å²) in [6, 6.07) is 10.0. The molecule has 0 aliphatic carbocycles. The number of nitro benzene ring substituents is 1. The van der Waals surface area contributed by atoms with E-state index in [0.717, 1.165) is 10.5 Å². The van der Waals surface area contributed by atoms with E-state index in [1.807, 2.05) is 0 Å². The maximum atomic E-state index is 12.0. The molecule has 0 saturated carbocycles. The lowest BCUT2D eigenvalue weighted by atomic mass is 10.2. The summed E-state index contributed by atoms with van der Waals surface area (Å²) in [5.74, 6) is -0.930. The van der Waals surface area contributed by atoms with Crippen LogP contribution in [-0.4, -0.2) is 28.5 Å². The molecule has 0 aliphatic rings. The van der Waals surface area contributed by atoms with E-state index in [4.69, 9.17) is 28.6 Å². The first-order chi connectivity index (χ1) is 13.3. The number of hydrogen-bond acceptors (Lipinski definition) is 6. The van der Waals surface area contributed by atoms with Crippen LogP contribution >= 0.6 is 39.7 Å². The van der Waals surface area contributed by atoms with E-state index in [-0.39, 0.29) is 23.0 Å². The van der Waals surface area contributed by atoms with Crippen LogP contribution in [0.15, 0.2) is 46.9 Å². The molecule has 146 valence electrons. The number of hydrazine groups is 1. The summed E-state index contributed by atoms with van der Waals surface area (Å²) in [4.78, 5) is 33.9. The molecule has 0 fully saturated rings. The number of non-ortho nitro benzene ring substituents is 1. The monoisotopic (exact) mass is 486 g/mol. The van der Waals surface area contributed by atoms with Gasteiger partial charge in [-0.1, -0.05) is 33.6 Å². The van der Waals surface area contributed by atoms with Crippen LogP contribution in [-0.2, 0) is 4.79 Å². The van der Waals surface area contributed by atoms with Crippen molar-refractivity contribution >= 4 is 62.4 Å². The van der Waals surface area contributed by atoms with E-state index in [1.54, 1.807) is 18.2 Å². The Morgan fingerprint density at radius 3 is 2.64 bits per heavy atom. The summed E-state index contributed by atoms with van der Waals surface area (Å²) in [5, 5.41) is 13.2. The molecule has 0 heterocycles. The van der Waals surface area contributed by atoms with E-state index >= 15 is 0 Å². The lowest BCUT2D eigenvalue weighted by Gasteiger charge is -2.12. The van der Waals surface area contributed by atoms with Crippen molar-refractivity contribution in [3.05, 3.63) is 67.6 Å². The standard InChI is InChI=1S/C16H12BrClN4O5S/c17-10-4-5-13(12(18)7-10)27-8-14(23)20-21-16(28)19-15(24)9-2-1-3-11(6-9)22(25)26/h1-7H,8H2,(H,20,23)(H2,19,21,24,28). The van der Waals surface area contributed by atoms with E-state index < -0.39 is 16.7 Å². The number of nitrogens with one attached hydrogen (secondary N) is 3. The SMILES string of the molecule is O=C(COc1ccc(Br)cc1Cl)NNC(=S)NC(=O)c1cccc([N+](=O)[O-])c1. The Hall–Kier alpha value is -2.76. The van der Waals surface area contributed by atoms with Gasteiger partial charge in [0, 0.05) is 22.2 Å². The van der Waals surface area contributed by atoms with Crippen molar-refractivity contribution in [1.29, 1.82) is 0 Å². The molecule has 3 N–H and O–H groups in total. The summed E-state index contributed by atoms with van der Waals surface area (Å²) >= 11 is 14.1. The molecule has 0 atom stereocenters. The van der Waals surface area contributed by atoms with Crippen LogP contribution < -0.4 is 20.9 Å². The molecule has 0 saturated heterocycles. The van der Waals surface area contributed by atoms with Gasteiger partial charge in [0.15, 0.2) is 11.7 Å². The Bertz CT molecular complexity index is 943. The van der Waals surface area contributed by atoms with E-state index in [0.29, 0.717) is 10.8 Å². The number of rotatable bonds is 5. The Balaban J connectivity index is 1.80. The number of nitrogens with zero attached hydrogens (tertiary/aromatic N) is 1. The number of thiocarbonyl (C=S) groups is 1. The molecule has 0 aromatic heterocycles. The second-order valence-electron chi connectivity index (χ2n) is 5.13. The molecule has 0 bridgehead atoms. The van der Waals surface area contributed by atoms with Gasteiger partial charge in [-0.15, -0.1) is 0 Å². The molecular weight excluding hydrogens is 476 g/mol. The van der Waals surface area contributed by atoms with Crippen molar-refractivity contribution in [2.45, 2.75) is 0 Å². The third kappa shape index (κ3) is 6.44. The predicted octanol–water partition coefficient (Wildman–Crippen LogP) is 2.73.